The van der Waals surface area contributed by atoms with Gasteiger partial charge in [0.2, 0.25) is 5.82 Å². The average Bonchev–Trinajstić information content (AvgIpc) is 3.12. The van der Waals surface area contributed by atoms with E-state index in [0.29, 0.717) is 5.82 Å². The van der Waals surface area contributed by atoms with Crippen LogP contribution in [0.2, 0.25) is 0 Å². The van der Waals surface area contributed by atoms with E-state index in [1.54, 1.807) is 0 Å². The number of benzene rings is 2. The Labute approximate surface area is 158 Å². The molecule has 0 fully saturated rings. The number of hydrogen-bond donors (Lipinski definition) is 1. The van der Waals surface area contributed by atoms with Gasteiger partial charge in [0.05, 0.1) is 5.71 Å². The number of carbonyl (C=O) groups excluding carboxylic acids is 1. The third-order valence-electron chi connectivity index (χ3n) is 4.35. The van der Waals surface area contributed by atoms with Crippen LogP contribution in [0.1, 0.15) is 29.2 Å². The van der Waals surface area contributed by atoms with Crippen LogP contribution in [0.4, 0.5) is 0 Å². The first-order chi connectivity index (χ1) is 12.9. The third-order valence-corrected chi connectivity index (χ3v) is 4.35. The summed E-state index contributed by atoms with van der Waals surface area (Å²) in [5.41, 5.74) is 8.73. The van der Waals surface area contributed by atoms with Crippen molar-refractivity contribution in [2.45, 2.75) is 34.2 Å². The summed E-state index contributed by atoms with van der Waals surface area (Å²) in [4.78, 5) is 13.4. The zero-order valence-electron chi connectivity index (χ0n) is 15.9. The van der Waals surface area contributed by atoms with Gasteiger partial charge < -0.3 is 0 Å². The lowest BCUT2D eigenvalue weighted by molar-refractivity contribution is -0.122. The lowest BCUT2D eigenvalue weighted by atomic mass is 9.98. The van der Waals surface area contributed by atoms with E-state index in [-0.39, 0.29) is 12.5 Å². The molecule has 1 amide bonds. The fourth-order valence-electron chi connectivity index (χ4n) is 2.73. The van der Waals surface area contributed by atoms with E-state index in [2.05, 4.69) is 51.9 Å². The number of aryl methyl sites for hydroxylation is 3. The van der Waals surface area contributed by atoms with Gasteiger partial charge in [-0.05, 0) is 55.7 Å². The van der Waals surface area contributed by atoms with Gasteiger partial charge in [-0.1, -0.05) is 36.4 Å². The highest BCUT2D eigenvalue weighted by molar-refractivity contribution is 6.00. The molecule has 7 nitrogen and oxygen atoms in total. The highest BCUT2D eigenvalue weighted by Crippen LogP contribution is 2.16. The van der Waals surface area contributed by atoms with Gasteiger partial charge >= 0.3 is 0 Å². The van der Waals surface area contributed by atoms with E-state index in [1.807, 2.05) is 44.2 Å². The van der Waals surface area contributed by atoms with Crippen LogP contribution in [0.3, 0.4) is 0 Å². The lowest BCUT2D eigenvalue weighted by Crippen LogP contribution is -2.25. The molecule has 0 aliphatic carbocycles. The fourth-order valence-corrected chi connectivity index (χ4v) is 2.73. The van der Waals surface area contributed by atoms with Crippen LogP contribution in [0, 0.1) is 20.8 Å². The monoisotopic (exact) mass is 362 g/mol. The number of tetrazole rings is 1. The molecule has 0 aliphatic rings. The molecule has 7 heteroatoms. The van der Waals surface area contributed by atoms with Gasteiger partial charge in [-0.3, -0.25) is 4.79 Å². The smallest absolute Gasteiger partial charge is 0.263 e. The van der Waals surface area contributed by atoms with Crippen LogP contribution >= 0.6 is 0 Å². The van der Waals surface area contributed by atoms with Gasteiger partial charge in [0.1, 0.15) is 6.54 Å². The number of hydrazone groups is 1. The molecule has 3 rings (SSSR count). The van der Waals surface area contributed by atoms with Crippen molar-refractivity contribution in [3.05, 3.63) is 64.7 Å². The molecule has 3 aromatic rings. The summed E-state index contributed by atoms with van der Waals surface area (Å²) < 4.78 is 0. The first-order valence-electron chi connectivity index (χ1n) is 8.68. The van der Waals surface area contributed by atoms with E-state index in [9.17, 15) is 4.79 Å². The maximum Gasteiger partial charge on any atom is 0.263 e. The summed E-state index contributed by atoms with van der Waals surface area (Å²) in [6, 6.07) is 13.7. The number of rotatable bonds is 5. The number of nitrogens with zero attached hydrogens (tertiary/aromatic N) is 5. The maximum atomic E-state index is 12.2. The average molecular weight is 362 g/mol. The Balaban J connectivity index is 1.65. The highest BCUT2D eigenvalue weighted by Gasteiger charge is 2.10. The summed E-state index contributed by atoms with van der Waals surface area (Å²) in [7, 11) is 0. The van der Waals surface area contributed by atoms with Crippen molar-refractivity contribution in [1.82, 2.24) is 25.6 Å². The highest BCUT2D eigenvalue weighted by atomic mass is 16.2. The molecule has 138 valence electrons. The maximum absolute atomic E-state index is 12.2. The molecule has 0 spiro atoms. The van der Waals surface area contributed by atoms with Gasteiger partial charge in [0.15, 0.2) is 0 Å². The van der Waals surface area contributed by atoms with E-state index in [0.717, 1.165) is 22.4 Å². The molecule has 0 saturated heterocycles. The first kappa shape index (κ1) is 18.4. The van der Waals surface area contributed by atoms with Crippen LogP contribution < -0.4 is 5.43 Å². The second-order valence-electron chi connectivity index (χ2n) is 6.49. The van der Waals surface area contributed by atoms with E-state index < -0.39 is 0 Å². The number of aromatic nitrogens is 4. The quantitative estimate of drug-likeness (QED) is 0.559. The van der Waals surface area contributed by atoms with Crippen molar-refractivity contribution in [3.63, 3.8) is 0 Å². The first-order valence-corrected chi connectivity index (χ1v) is 8.68. The normalized spacial score (nSPS) is 11.5. The SMILES string of the molecule is C/C(=N/NC(=O)Cn1nnc(-c2ccccc2)n1)c1cc(C)c(C)cc1C. The molecule has 0 saturated carbocycles. The van der Waals surface area contributed by atoms with Gasteiger partial charge in [-0.25, -0.2) is 5.43 Å². The summed E-state index contributed by atoms with van der Waals surface area (Å²) in [5.74, 6) is 0.168. The molecular weight excluding hydrogens is 340 g/mol. The van der Waals surface area contributed by atoms with Crippen molar-refractivity contribution < 1.29 is 4.79 Å². The van der Waals surface area contributed by atoms with Crippen molar-refractivity contribution in [2.24, 2.45) is 5.10 Å². The molecule has 0 bridgehead atoms. The third kappa shape index (κ3) is 4.44. The molecule has 1 heterocycles. The Kier molecular flexibility index (Phi) is 5.40. The summed E-state index contributed by atoms with van der Waals surface area (Å²) in [6.07, 6.45) is 0. The minimum absolute atomic E-state index is 0.0531. The molecule has 0 atom stereocenters. The van der Waals surface area contributed by atoms with Crippen molar-refractivity contribution >= 4 is 11.6 Å². The molecule has 0 aliphatic heterocycles. The van der Waals surface area contributed by atoms with Gasteiger partial charge in [0.25, 0.3) is 5.91 Å². The number of amides is 1. The fraction of sp³-hybridized carbons (Fsp3) is 0.250. The second kappa shape index (κ2) is 7.90. The molecular formula is C20H22N6O. The van der Waals surface area contributed by atoms with E-state index in [4.69, 9.17) is 0 Å². The molecule has 1 aromatic heterocycles. The molecule has 27 heavy (non-hydrogen) atoms. The number of nitrogens with one attached hydrogen (secondary N) is 1. The minimum atomic E-state index is -0.312. The zero-order chi connectivity index (χ0) is 19.4. The molecule has 0 radical (unpaired) electrons. The van der Waals surface area contributed by atoms with Crippen LogP contribution in [-0.4, -0.2) is 31.8 Å². The van der Waals surface area contributed by atoms with Crippen LogP contribution in [-0.2, 0) is 11.3 Å². The van der Waals surface area contributed by atoms with Gasteiger partial charge in [0, 0.05) is 11.1 Å². The summed E-state index contributed by atoms with van der Waals surface area (Å²) in [5, 5.41) is 16.3. The predicted molar refractivity (Wildman–Crippen MR) is 104 cm³/mol. The minimum Gasteiger partial charge on any atom is -0.271 e. The van der Waals surface area contributed by atoms with E-state index >= 15 is 0 Å². The Hall–Kier alpha value is -3.35. The van der Waals surface area contributed by atoms with Crippen molar-refractivity contribution in [2.75, 3.05) is 0 Å². The Morgan fingerprint density at radius 3 is 2.52 bits per heavy atom. The molecule has 2 aromatic carbocycles. The standard InChI is InChI=1S/C20H22N6O/c1-13-10-15(3)18(11-14(13)2)16(4)21-22-19(27)12-26-24-20(23-25-26)17-8-6-5-7-9-17/h5-11H,12H2,1-4H3,(H,22,27)/b21-16-. The van der Waals surface area contributed by atoms with Crippen LogP contribution in [0.25, 0.3) is 11.4 Å². The predicted octanol–water partition coefficient (Wildman–Crippen LogP) is 2.81. The largest absolute Gasteiger partial charge is 0.271 e. The summed E-state index contributed by atoms with van der Waals surface area (Å²) >= 11 is 0. The van der Waals surface area contributed by atoms with Crippen LogP contribution in [0.15, 0.2) is 47.6 Å². The van der Waals surface area contributed by atoms with E-state index in [1.165, 1.54) is 15.9 Å². The second-order valence-corrected chi connectivity index (χ2v) is 6.49. The molecule has 1 N–H and O–H groups in total. The lowest BCUT2D eigenvalue weighted by Gasteiger charge is -2.09. The number of carbonyl (C=O) groups is 1. The topological polar surface area (TPSA) is 85.1 Å². The van der Waals surface area contributed by atoms with Gasteiger partial charge in [-0.2, -0.15) is 9.90 Å². The van der Waals surface area contributed by atoms with Crippen molar-refractivity contribution in [3.8, 4) is 11.4 Å². The van der Waals surface area contributed by atoms with Crippen LogP contribution in [0.5, 0.6) is 0 Å². The Morgan fingerprint density at radius 1 is 1.07 bits per heavy atom. The number of hydrogen-bond acceptors (Lipinski definition) is 5. The Bertz CT molecular complexity index is 991. The van der Waals surface area contributed by atoms with Crippen molar-refractivity contribution in [1.29, 1.82) is 0 Å². The Morgan fingerprint density at radius 2 is 1.78 bits per heavy atom. The zero-order valence-corrected chi connectivity index (χ0v) is 15.9. The summed E-state index contributed by atoms with van der Waals surface area (Å²) in [6.45, 7) is 7.99. The van der Waals surface area contributed by atoms with Gasteiger partial charge in [-0.15, -0.1) is 10.2 Å². The molecule has 0 unspecified atom stereocenters.